The molecule has 328 valence electrons. The normalized spacial score (nSPS) is 16.3. The summed E-state index contributed by atoms with van der Waals surface area (Å²) in [6, 6.07) is 74.2. The summed E-state index contributed by atoms with van der Waals surface area (Å²) in [5, 5.41) is 6.07. The highest BCUT2D eigenvalue weighted by Crippen LogP contribution is 2.65. The quantitative estimate of drug-likeness (QED) is 0.148. The number of rotatable bonds is 1. The maximum absolute atomic E-state index is 2.89. The van der Waals surface area contributed by atoms with Crippen LogP contribution in [0.5, 0.6) is 0 Å². The number of hydrogen-bond acceptors (Lipinski definition) is 1. The van der Waals surface area contributed by atoms with Gasteiger partial charge in [-0.15, -0.1) is 0 Å². The summed E-state index contributed by atoms with van der Waals surface area (Å²) in [4.78, 5) is 2.66. The van der Waals surface area contributed by atoms with Crippen LogP contribution in [0, 0.1) is 0 Å². The van der Waals surface area contributed by atoms with Gasteiger partial charge in [0.2, 0.25) is 0 Å². The molecule has 0 fully saturated rings. The Bertz CT molecular complexity index is 3590. The first kappa shape index (κ1) is 40.1. The van der Waals surface area contributed by atoms with Crippen LogP contribution in [-0.4, -0.2) is 8.07 Å². The Morgan fingerprint density at radius 2 is 0.794 bits per heavy atom. The fraction of sp³-hybridized carbons (Fsp3) is 0.182. The summed E-state index contributed by atoms with van der Waals surface area (Å²) >= 11 is 0. The van der Waals surface area contributed by atoms with Crippen LogP contribution in [0.4, 0.5) is 17.1 Å². The van der Waals surface area contributed by atoms with Gasteiger partial charge in [0, 0.05) is 11.1 Å². The lowest BCUT2D eigenvalue weighted by atomic mass is 9.63. The molecular formula is C66H55NSi. The lowest BCUT2D eigenvalue weighted by molar-refractivity contribution is 0.590. The van der Waals surface area contributed by atoms with Gasteiger partial charge in [0.05, 0.1) is 16.8 Å². The summed E-state index contributed by atoms with van der Waals surface area (Å²) in [7, 11) is -2.89. The van der Waals surface area contributed by atoms with Gasteiger partial charge in [0.25, 0.3) is 0 Å². The fourth-order valence-electron chi connectivity index (χ4n) is 13.8. The Morgan fingerprint density at radius 3 is 1.38 bits per heavy atom. The molecule has 0 unspecified atom stereocenters. The maximum Gasteiger partial charge on any atom is 0.182 e. The van der Waals surface area contributed by atoms with Crippen molar-refractivity contribution in [3.8, 4) is 44.5 Å². The molecule has 9 aromatic carbocycles. The number of para-hydroxylation sites is 1. The molecule has 14 rings (SSSR count). The minimum Gasteiger partial charge on any atom is -0.310 e. The number of fused-ring (bicyclic) bond motifs is 22. The van der Waals surface area contributed by atoms with Crippen molar-refractivity contribution < 1.29 is 0 Å². The second-order valence-electron chi connectivity index (χ2n) is 22.8. The lowest BCUT2D eigenvalue weighted by Crippen LogP contribution is -2.71. The van der Waals surface area contributed by atoms with Crippen LogP contribution < -0.4 is 25.6 Å². The van der Waals surface area contributed by atoms with Crippen LogP contribution in [0.3, 0.4) is 0 Å². The summed E-state index contributed by atoms with van der Waals surface area (Å²) in [6.45, 7) is 19.1. The zero-order valence-corrected chi connectivity index (χ0v) is 41.3. The van der Waals surface area contributed by atoms with Gasteiger partial charge in [-0.25, -0.2) is 0 Å². The summed E-state index contributed by atoms with van der Waals surface area (Å²) in [5.41, 5.74) is 24.9. The molecule has 2 spiro atoms. The van der Waals surface area contributed by atoms with E-state index in [1.54, 1.807) is 0 Å². The minimum absolute atomic E-state index is 0.000856. The van der Waals surface area contributed by atoms with E-state index in [0.717, 1.165) is 0 Å². The number of anilines is 3. The Labute approximate surface area is 402 Å². The van der Waals surface area contributed by atoms with Crippen molar-refractivity contribution in [2.75, 3.05) is 4.90 Å². The Kier molecular flexibility index (Phi) is 7.76. The standard InChI is InChI=1S/C66H55NSi/c1-63(2,3)40-29-32-47-48-33-30-41(64(4,5)6)36-61(48)68(60(47)35-40)59-28-18-12-22-46(59)49-34-31-42(37-62(49)68)67-57-27-17-16-26-54(57)66(52-24-14-10-19-43(52)44-20-11-15-25-53(44)66)56-39-55-50(38-58(56)67)45-21-9-13-23-51(45)65(55,7)8/h9-39H,1-8H3. The Balaban J connectivity index is 1.10. The van der Waals surface area contributed by atoms with Crippen molar-refractivity contribution >= 4 is 45.9 Å². The molecule has 2 aliphatic carbocycles. The summed E-state index contributed by atoms with van der Waals surface area (Å²) < 4.78 is 0. The largest absolute Gasteiger partial charge is 0.310 e. The van der Waals surface area contributed by atoms with Crippen LogP contribution in [0.25, 0.3) is 44.5 Å². The molecule has 2 heteroatoms. The molecule has 5 aliphatic rings. The first-order valence-corrected chi connectivity index (χ1v) is 26.7. The molecule has 0 N–H and O–H groups in total. The van der Waals surface area contributed by atoms with E-state index in [9.17, 15) is 0 Å². The van der Waals surface area contributed by atoms with Crippen molar-refractivity contribution in [1.82, 2.24) is 0 Å². The van der Waals surface area contributed by atoms with Gasteiger partial charge in [0.1, 0.15) is 0 Å². The SMILES string of the molecule is CC(C)(C)c1ccc2c(c1)[Si]1(c3ccccc3-c3ccc(N4c5ccccc5C5(c6ccccc6-c6ccccc65)c5cc6c(cc54)-c4ccccc4C6(C)C)cc31)c1cc(C(C)(C)C)ccc1-2. The number of benzene rings is 9. The number of nitrogens with zero attached hydrogens (tertiary/aromatic N) is 1. The van der Waals surface area contributed by atoms with Crippen LogP contribution in [0.1, 0.15) is 99.9 Å². The molecule has 9 aromatic rings. The van der Waals surface area contributed by atoms with E-state index in [1.165, 1.54) is 127 Å². The maximum atomic E-state index is 2.66. The zero-order valence-electron chi connectivity index (χ0n) is 40.3. The van der Waals surface area contributed by atoms with Crippen LogP contribution in [0.15, 0.2) is 188 Å². The van der Waals surface area contributed by atoms with E-state index in [-0.39, 0.29) is 16.2 Å². The molecule has 1 nitrogen and oxygen atoms in total. The molecule has 0 bridgehead atoms. The van der Waals surface area contributed by atoms with Gasteiger partial charge in [-0.2, -0.15) is 0 Å². The van der Waals surface area contributed by atoms with E-state index < -0.39 is 13.5 Å². The summed E-state index contributed by atoms with van der Waals surface area (Å²) in [6.07, 6.45) is 0. The number of hydrogen-bond donors (Lipinski definition) is 0. The molecule has 3 aliphatic heterocycles. The van der Waals surface area contributed by atoms with E-state index in [4.69, 9.17) is 0 Å². The van der Waals surface area contributed by atoms with Crippen molar-refractivity contribution in [2.45, 2.75) is 77.0 Å². The van der Waals surface area contributed by atoms with E-state index in [2.05, 4.69) is 248 Å². The van der Waals surface area contributed by atoms with Gasteiger partial charge < -0.3 is 4.90 Å². The molecule has 0 saturated carbocycles. The monoisotopic (exact) mass is 889 g/mol. The second kappa shape index (κ2) is 13.2. The molecule has 3 heterocycles. The van der Waals surface area contributed by atoms with Gasteiger partial charge in [-0.1, -0.05) is 219 Å². The highest BCUT2D eigenvalue weighted by Gasteiger charge is 2.56. The van der Waals surface area contributed by atoms with Crippen molar-refractivity contribution in [2.24, 2.45) is 0 Å². The first-order valence-electron chi connectivity index (χ1n) is 24.7. The molecule has 0 radical (unpaired) electrons. The van der Waals surface area contributed by atoms with Crippen molar-refractivity contribution in [1.29, 1.82) is 0 Å². The Hall–Kier alpha value is -7.00. The topological polar surface area (TPSA) is 3.24 Å². The lowest BCUT2D eigenvalue weighted by Gasteiger charge is -2.46. The molecular weight excluding hydrogens is 835 g/mol. The fourth-order valence-corrected chi connectivity index (χ4v) is 19.5. The molecule has 0 aromatic heterocycles. The van der Waals surface area contributed by atoms with E-state index in [0.29, 0.717) is 0 Å². The third-order valence-corrected chi connectivity index (χ3v) is 21.9. The highest BCUT2D eigenvalue weighted by molar-refractivity contribution is 7.24. The average Bonchev–Trinajstić information content (AvgIpc) is 3.99. The van der Waals surface area contributed by atoms with E-state index in [1.807, 2.05) is 0 Å². The molecule has 0 atom stereocenters. The predicted molar refractivity (Wildman–Crippen MR) is 289 cm³/mol. The molecule has 0 saturated heterocycles. The van der Waals surface area contributed by atoms with Gasteiger partial charge in [0.15, 0.2) is 8.07 Å². The van der Waals surface area contributed by atoms with Gasteiger partial charge >= 0.3 is 0 Å². The van der Waals surface area contributed by atoms with E-state index >= 15 is 0 Å². The summed E-state index contributed by atoms with van der Waals surface area (Å²) in [5.74, 6) is 0. The predicted octanol–water partition coefficient (Wildman–Crippen LogP) is 14.1. The third-order valence-electron chi connectivity index (χ3n) is 17.0. The van der Waals surface area contributed by atoms with Gasteiger partial charge in [-0.05, 0) is 145 Å². The smallest absolute Gasteiger partial charge is 0.182 e. The van der Waals surface area contributed by atoms with Crippen LogP contribution in [-0.2, 0) is 21.7 Å². The highest BCUT2D eigenvalue weighted by atomic mass is 28.3. The van der Waals surface area contributed by atoms with Crippen LogP contribution in [0.2, 0.25) is 0 Å². The minimum atomic E-state index is -2.89. The van der Waals surface area contributed by atoms with Gasteiger partial charge in [-0.3, -0.25) is 0 Å². The molecule has 0 amide bonds. The van der Waals surface area contributed by atoms with Crippen molar-refractivity contribution in [3.63, 3.8) is 0 Å². The second-order valence-corrected chi connectivity index (χ2v) is 26.5. The third kappa shape index (κ3) is 4.82. The average molecular weight is 890 g/mol. The Morgan fingerprint density at radius 1 is 0.338 bits per heavy atom. The zero-order chi connectivity index (χ0) is 46.3. The first-order chi connectivity index (χ1) is 32.7. The van der Waals surface area contributed by atoms with Crippen molar-refractivity contribution in [3.05, 3.63) is 233 Å². The van der Waals surface area contributed by atoms with Crippen LogP contribution >= 0.6 is 0 Å². The molecule has 68 heavy (non-hydrogen) atoms.